The maximum atomic E-state index is 12.3. The molecule has 0 aliphatic carbocycles. The zero-order valence-electron chi connectivity index (χ0n) is 13.6. The predicted octanol–water partition coefficient (Wildman–Crippen LogP) is 3.44. The molecule has 136 valence electrons. The van der Waals surface area contributed by atoms with Crippen molar-refractivity contribution in [3.05, 3.63) is 15.6 Å². The Hall–Kier alpha value is -2.01. The number of hydrogen-bond acceptors (Lipinski definition) is 7. The van der Waals surface area contributed by atoms with Crippen molar-refractivity contribution in [2.45, 2.75) is 39.3 Å². The number of carbonyl (C=O) groups is 2. The average Bonchev–Trinajstić information content (AvgIpc) is 3.00. The van der Waals surface area contributed by atoms with E-state index in [1.807, 2.05) is 20.8 Å². The summed E-state index contributed by atoms with van der Waals surface area (Å²) in [5.41, 5.74) is 5.54. The van der Waals surface area contributed by atoms with Gasteiger partial charge in [-0.05, 0) is 6.92 Å². The smallest absolute Gasteiger partial charge is 0.391 e. The van der Waals surface area contributed by atoms with Crippen molar-refractivity contribution in [3.63, 3.8) is 0 Å². The SMILES string of the molecule is Cc1nc(OC(=O)C(F)(F)F)sc1-c1nc(C(C)(C)C)sc1C(N)=O. The van der Waals surface area contributed by atoms with Crippen molar-refractivity contribution in [3.8, 4) is 15.8 Å². The minimum Gasteiger partial charge on any atom is -0.391 e. The number of thiazole rings is 2. The number of halogens is 3. The zero-order valence-corrected chi connectivity index (χ0v) is 15.3. The standard InChI is InChI=1S/C14H14F3N3O3S2/c1-5-7(25-12(19-5)23-11(22)14(15,16)17)6-8(9(18)21)24-10(20-6)13(2,3)4/h1-4H3,(H2,18,21). The van der Waals surface area contributed by atoms with Gasteiger partial charge in [0.05, 0.1) is 15.6 Å². The first kappa shape index (κ1) is 19.3. The lowest BCUT2D eigenvalue weighted by Crippen LogP contribution is -2.27. The van der Waals surface area contributed by atoms with Crippen LogP contribution in [0.2, 0.25) is 0 Å². The van der Waals surface area contributed by atoms with Crippen molar-refractivity contribution in [1.82, 2.24) is 9.97 Å². The Bertz CT molecular complexity index is 835. The highest BCUT2D eigenvalue weighted by atomic mass is 32.1. The molecule has 1 amide bonds. The fourth-order valence-electron chi connectivity index (χ4n) is 1.73. The normalized spacial score (nSPS) is 12.3. The van der Waals surface area contributed by atoms with E-state index in [1.54, 1.807) is 0 Å². The van der Waals surface area contributed by atoms with Crippen LogP contribution >= 0.6 is 22.7 Å². The molecule has 0 aliphatic rings. The van der Waals surface area contributed by atoms with E-state index in [0.29, 0.717) is 21.2 Å². The van der Waals surface area contributed by atoms with E-state index in [1.165, 1.54) is 6.92 Å². The summed E-state index contributed by atoms with van der Waals surface area (Å²) in [5, 5.41) is 0.161. The Morgan fingerprint density at radius 2 is 1.72 bits per heavy atom. The molecule has 25 heavy (non-hydrogen) atoms. The highest BCUT2D eigenvalue weighted by Gasteiger charge is 2.42. The molecule has 0 unspecified atom stereocenters. The number of esters is 1. The summed E-state index contributed by atoms with van der Waals surface area (Å²) < 4.78 is 41.1. The Morgan fingerprint density at radius 3 is 2.20 bits per heavy atom. The van der Waals surface area contributed by atoms with Gasteiger partial charge in [0, 0.05) is 5.41 Å². The van der Waals surface area contributed by atoms with E-state index < -0.39 is 23.2 Å². The van der Waals surface area contributed by atoms with Crippen LogP contribution in [0.3, 0.4) is 0 Å². The first-order valence-corrected chi connectivity index (χ1v) is 8.52. The fraction of sp³-hybridized carbons (Fsp3) is 0.429. The van der Waals surface area contributed by atoms with Crippen LogP contribution in [-0.4, -0.2) is 28.0 Å². The third kappa shape index (κ3) is 4.15. The molecule has 6 nitrogen and oxygen atoms in total. The summed E-state index contributed by atoms with van der Waals surface area (Å²) in [5.74, 6) is -3.07. The zero-order chi connectivity index (χ0) is 19.2. The van der Waals surface area contributed by atoms with Gasteiger partial charge in [0.2, 0.25) is 0 Å². The Labute approximate surface area is 148 Å². The summed E-state index contributed by atoms with van der Waals surface area (Å²) in [4.78, 5) is 31.3. The predicted molar refractivity (Wildman–Crippen MR) is 86.9 cm³/mol. The molecule has 0 atom stereocenters. The first-order chi connectivity index (χ1) is 11.3. The molecule has 2 aromatic rings. The topological polar surface area (TPSA) is 95.2 Å². The third-order valence-electron chi connectivity index (χ3n) is 2.90. The number of amides is 1. The maximum Gasteiger partial charge on any atom is 0.491 e. The van der Waals surface area contributed by atoms with Gasteiger partial charge in [0.1, 0.15) is 10.6 Å². The first-order valence-electron chi connectivity index (χ1n) is 6.88. The quantitative estimate of drug-likeness (QED) is 0.806. The van der Waals surface area contributed by atoms with Crippen LogP contribution in [-0.2, 0) is 10.2 Å². The van der Waals surface area contributed by atoms with Crippen molar-refractivity contribution >= 4 is 34.6 Å². The molecule has 0 radical (unpaired) electrons. The van der Waals surface area contributed by atoms with Crippen LogP contribution in [0.1, 0.15) is 41.1 Å². The van der Waals surface area contributed by atoms with Gasteiger partial charge in [-0.2, -0.15) is 13.2 Å². The van der Waals surface area contributed by atoms with Gasteiger partial charge in [-0.15, -0.1) is 11.3 Å². The average molecular weight is 393 g/mol. The number of aromatic nitrogens is 2. The number of aryl methyl sites for hydroxylation is 1. The van der Waals surface area contributed by atoms with Crippen molar-refractivity contribution < 1.29 is 27.5 Å². The van der Waals surface area contributed by atoms with E-state index in [9.17, 15) is 22.8 Å². The van der Waals surface area contributed by atoms with Crippen molar-refractivity contribution in [2.24, 2.45) is 5.73 Å². The minimum atomic E-state index is -5.13. The number of hydrogen-bond donors (Lipinski definition) is 1. The molecule has 0 saturated carbocycles. The van der Waals surface area contributed by atoms with Crippen LogP contribution in [0.5, 0.6) is 5.19 Å². The largest absolute Gasteiger partial charge is 0.491 e. The molecule has 0 aromatic carbocycles. The molecule has 2 aromatic heterocycles. The van der Waals surface area contributed by atoms with Gasteiger partial charge in [-0.1, -0.05) is 32.1 Å². The van der Waals surface area contributed by atoms with Gasteiger partial charge in [-0.3, -0.25) is 4.79 Å². The van der Waals surface area contributed by atoms with Gasteiger partial charge in [0.15, 0.2) is 0 Å². The Kier molecular flexibility index (Phi) is 4.92. The molecule has 0 saturated heterocycles. The second-order valence-corrected chi connectivity index (χ2v) is 8.05. The molecule has 2 heterocycles. The van der Waals surface area contributed by atoms with E-state index in [2.05, 4.69) is 14.7 Å². The number of alkyl halides is 3. The number of nitrogens with zero attached hydrogens (tertiary/aromatic N) is 2. The number of rotatable bonds is 3. The summed E-state index contributed by atoms with van der Waals surface area (Å²) in [6.07, 6.45) is -5.13. The number of primary amides is 1. The van der Waals surface area contributed by atoms with Crippen LogP contribution in [0.15, 0.2) is 0 Å². The van der Waals surface area contributed by atoms with Crippen molar-refractivity contribution in [1.29, 1.82) is 0 Å². The summed E-state index contributed by atoms with van der Waals surface area (Å²) in [6.45, 7) is 7.21. The highest BCUT2D eigenvalue weighted by Crippen LogP contribution is 2.40. The monoisotopic (exact) mass is 393 g/mol. The van der Waals surface area contributed by atoms with Crippen LogP contribution < -0.4 is 10.5 Å². The van der Waals surface area contributed by atoms with Gasteiger partial charge in [-0.25, -0.2) is 14.8 Å². The molecular formula is C14H14F3N3O3S2. The van der Waals surface area contributed by atoms with Crippen LogP contribution in [0.25, 0.3) is 10.6 Å². The second kappa shape index (κ2) is 6.37. The third-order valence-corrected chi connectivity index (χ3v) is 5.43. The van der Waals surface area contributed by atoms with Crippen LogP contribution in [0.4, 0.5) is 13.2 Å². The minimum absolute atomic E-state index is 0.172. The second-order valence-electron chi connectivity index (χ2n) is 6.09. The number of carbonyl (C=O) groups excluding carboxylic acids is 2. The molecule has 2 rings (SSSR count). The van der Waals surface area contributed by atoms with Gasteiger partial charge >= 0.3 is 12.1 Å². The van der Waals surface area contributed by atoms with Gasteiger partial charge < -0.3 is 10.5 Å². The Morgan fingerprint density at radius 1 is 1.12 bits per heavy atom. The van der Waals surface area contributed by atoms with E-state index >= 15 is 0 Å². The molecular weight excluding hydrogens is 379 g/mol. The molecule has 11 heteroatoms. The van der Waals surface area contributed by atoms with E-state index in [4.69, 9.17) is 5.73 Å². The lowest BCUT2D eigenvalue weighted by Gasteiger charge is -2.13. The molecule has 0 spiro atoms. The lowest BCUT2D eigenvalue weighted by atomic mass is 9.98. The molecule has 0 aliphatic heterocycles. The Balaban J connectivity index is 2.48. The summed E-state index contributed by atoms with van der Waals surface area (Å²) in [7, 11) is 0. The lowest BCUT2D eigenvalue weighted by molar-refractivity contribution is -0.189. The van der Waals surface area contributed by atoms with Crippen molar-refractivity contribution in [2.75, 3.05) is 0 Å². The fourth-order valence-corrected chi connectivity index (χ4v) is 3.69. The summed E-state index contributed by atoms with van der Waals surface area (Å²) in [6, 6.07) is 0. The van der Waals surface area contributed by atoms with E-state index in [-0.39, 0.29) is 21.7 Å². The highest BCUT2D eigenvalue weighted by molar-refractivity contribution is 7.18. The molecule has 0 fully saturated rings. The van der Waals surface area contributed by atoms with Crippen LogP contribution in [0, 0.1) is 6.92 Å². The molecule has 2 N–H and O–H groups in total. The number of nitrogens with two attached hydrogens (primary N) is 1. The van der Waals surface area contributed by atoms with Gasteiger partial charge in [0.25, 0.3) is 11.1 Å². The maximum absolute atomic E-state index is 12.3. The molecule has 0 bridgehead atoms. The number of ether oxygens (including phenoxy) is 1. The summed E-state index contributed by atoms with van der Waals surface area (Å²) >= 11 is 1.81. The van der Waals surface area contributed by atoms with E-state index in [0.717, 1.165) is 11.3 Å².